The fourth-order valence-corrected chi connectivity index (χ4v) is 2.53. The smallest absolute Gasteiger partial charge is 0.251 e. The molecule has 0 spiro atoms. The predicted molar refractivity (Wildman–Crippen MR) is 90.7 cm³/mol. The van der Waals surface area contributed by atoms with E-state index in [-0.39, 0.29) is 18.7 Å². The van der Waals surface area contributed by atoms with Crippen molar-refractivity contribution in [1.29, 1.82) is 0 Å². The lowest BCUT2D eigenvalue weighted by atomic mass is 10.1. The van der Waals surface area contributed by atoms with Gasteiger partial charge in [-0.25, -0.2) is 0 Å². The topological polar surface area (TPSA) is 38.8 Å². The van der Waals surface area contributed by atoms with Gasteiger partial charge >= 0.3 is 0 Å². The van der Waals surface area contributed by atoms with Crippen molar-refractivity contribution in [3.05, 3.63) is 60.2 Å². The second-order valence-corrected chi connectivity index (χ2v) is 5.58. The summed E-state index contributed by atoms with van der Waals surface area (Å²) in [6.07, 6.45) is 3.38. The Labute approximate surface area is 135 Å². The monoisotopic (exact) mass is 309 g/mol. The molecule has 0 radical (unpaired) electrons. The van der Waals surface area contributed by atoms with Gasteiger partial charge in [0, 0.05) is 17.8 Å². The summed E-state index contributed by atoms with van der Waals surface area (Å²) in [5, 5.41) is 0. The van der Waals surface area contributed by atoms with Crippen molar-refractivity contribution in [2.75, 3.05) is 11.7 Å². The third-order valence-electron chi connectivity index (χ3n) is 3.60. The van der Waals surface area contributed by atoms with E-state index in [1.807, 2.05) is 62.4 Å². The van der Waals surface area contributed by atoms with Crippen molar-refractivity contribution in [2.45, 2.75) is 19.9 Å². The lowest BCUT2D eigenvalue weighted by molar-refractivity contribution is -0.114. The van der Waals surface area contributed by atoms with Crippen molar-refractivity contribution < 1.29 is 14.3 Å². The Bertz CT molecular complexity index is 723. The quantitative estimate of drug-likeness (QED) is 0.805. The van der Waals surface area contributed by atoms with Crippen LogP contribution in [0, 0.1) is 0 Å². The van der Waals surface area contributed by atoms with E-state index in [2.05, 4.69) is 0 Å². The van der Waals surface area contributed by atoms with E-state index >= 15 is 0 Å². The van der Waals surface area contributed by atoms with Gasteiger partial charge in [-0.15, -0.1) is 0 Å². The van der Waals surface area contributed by atoms with Gasteiger partial charge in [-0.05, 0) is 49.8 Å². The van der Waals surface area contributed by atoms with E-state index in [1.165, 1.54) is 0 Å². The summed E-state index contributed by atoms with van der Waals surface area (Å²) in [7, 11) is 0. The van der Waals surface area contributed by atoms with Crippen molar-refractivity contribution >= 4 is 17.7 Å². The molecule has 118 valence electrons. The Kier molecular flexibility index (Phi) is 4.33. The van der Waals surface area contributed by atoms with Crippen LogP contribution in [0.25, 0.3) is 6.08 Å². The normalized spacial score (nSPS) is 12.8. The number of amides is 1. The minimum absolute atomic E-state index is 0.0520. The fourth-order valence-electron chi connectivity index (χ4n) is 2.53. The Morgan fingerprint density at radius 2 is 1.83 bits per heavy atom. The molecule has 0 fully saturated rings. The maximum Gasteiger partial charge on any atom is 0.251 e. The number of hydrogen-bond acceptors (Lipinski definition) is 3. The van der Waals surface area contributed by atoms with E-state index in [4.69, 9.17) is 9.47 Å². The Morgan fingerprint density at radius 3 is 2.57 bits per heavy atom. The maximum absolute atomic E-state index is 12.6. The first kappa shape index (κ1) is 15.2. The zero-order valence-corrected chi connectivity index (χ0v) is 13.2. The zero-order valence-electron chi connectivity index (χ0n) is 13.2. The highest BCUT2D eigenvalue weighted by Crippen LogP contribution is 2.32. The van der Waals surface area contributed by atoms with Crippen LogP contribution in [0.15, 0.2) is 54.6 Å². The van der Waals surface area contributed by atoms with Gasteiger partial charge in [-0.3, -0.25) is 4.79 Å². The summed E-state index contributed by atoms with van der Waals surface area (Å²) in [4.78, 5) is 14.3. The molecule has 4 heteroatoms. The second-order valence-electron chi connectivity index (χ2n) is 5.58. The van der Waals surface area contributed by atoms with Crippen LogP contribution in [0.5, 0.6) is 11.5 Å². The number of benzene rings is 2. The molecule has 0 N–H and O–H groups in total. The van der Waals surface area contributed by atoms with Gasteiger partial charge in [0.15, 0.2) is 11.5 Å². The van der Waals surface area contributed by atoms with E-state index in [9.17, 15) is 4.79 Å². The predicted octanol–water partition coefficient (Wildman–Crippen LogP) is 3.87. The molecule has 1 heterocycles. The number of nitrogens with zero attached hydrogens (tertiary/aromatic N) is 1. The summed E-state index contributed by atoms with van der Waals surface area (Å²) < 4.78 is 10.6. The molecule has 0 bridgehead atoms. The molecule has 3 rings (SSSR count). The molecule has 0 aromatic heterocycles. The number of fused-ring (bicyclic) bond motifs is 1. The minimum atomic E-state index is -0.0520. The van der Waals surface area contributed by atoms with Crippen LogP contribution in [0.2, 0.25) is 0 Å². The Morgan fingerprint density at radius 1 is 1.09 bits per heavy atom. The molecule has 4 nitrogen and oxygen atoms in total. The van der Waals surface area contributed by atoms with Crippen molar-refractivity contribution in [3.8, 4) is 11.5 Å². The van der Waals surface area contributed by atoms with Crippen LogP contribution in [-0.2, 0) is 4.79 Å². The number of para-hydroxylation sites is 1. The minimum Gasteiger partial charge on any atom is -0.454 e. The van der Waals surface area contributed by atoms with E-state index < -0.39 is 0 Å². The number of carbonyl (C=O) groups excluding carboxylic acids is 1. The Hall–Kier alpha value is -2.75. The first-order chi connectivity index (χ1) is 11.1. The lowest BCUT2D eigenvalue weighted by Gasteiger charge is -2.25. The highest BCUT2D eigenvalue weighted by Gasteiger charge is 2.17. The highest BCUT2D eigenvalue weighted by molar-refractivity contribution is 6.04. The third-order valence-corrected chi connectivity index (χ3v) is 3.60. The number of ether oxygens (including phenoxy) is 2. The average molecular weight is 309 g/mol. The van der Waals surface area contributed by atoms with Gasteiger partial charge in [0.2, 0.25) is 6.79 Å². The molecule has 1 aliphatic rings. The summed E-state index contributed by atoms with van der Waals surface area (Å²) in [6, 6.07) is 15.4. The van der Waals surface area contributed by atoms with E-state index in [0.29, 0.717) is 5.75 Å². The largest absolute Gasteiger partial charge is 0.454 e. The zero-order chi connectivity index (χ0) is 16.2. The SMILES string of the molecule is CC(C)N(C(=O)/C=C/c1ccc2c(c1)OCO2)c1ccccc1. The number of hydrogen-bond donors (Lipinski definition) is 0. The molecule has 0 atom stereocenters. The number of anilines is 1. The fraction of sp³-hybridized carbons (Fsp3) is 0.211. The number of rotatable bonds is 4. The van der Waals surface area contributed by atoms with Crippen LogP contribution in [0.4, 0.5) is 5.69 Å². The van der Waals surface area contributed by atoms with Gasteiger partial charge in [0.05, 0.1) is 0 Å². The second kappa shape index (κ2) is 6.57. The summed E-state index contributed by atoms with van der Waals surface area (Å²) in [5.41, 5.74) is 1.79. The molecule has 1 amide bonds. The highest BCUT2D eigenvalue weighted by atomic mass is 16.7. The Balaban J connectivity index is 1.79. The van der Waals surface area contributed by atoms with Gasteiger partial charge < -0.3 is 14.4 Å². The summed E-state index contributed by atoms with van der Waals surface area (Å²) in [6.45, 7) is 4.25. The summed E-state index contributed by atoms with van der Waals surface area (Å²) >= 11 is 0. The van der Waals surface area contributed by atoms with Gasteiger partial charge in [-0.2, -0.15) is 0 Å². The van der Waals surface area contributed by atoms with Crippen molar-refractivity contribution in [3.63, 3.8) is 0 Å². The van der Waals surface area contributed by atoms with Crippen LogP contribution >= 0.6 is 0 Å². The molecule has 23 heavy (non-hydrogen) atoms. The van der Waals surface area contributed by atoms with Crippen LogP contribution < -0.4 is 14.4 Å². The third kappa shape index (κ3) is 3.37. The molecule has 1 aliphatic heterocycles. The van der Waals surface area contributed by atoms with Crippen LogP contribution in [0.3, 0.4) is 0 Å². The molecular weight excluding hydrogens is 290 g/mol. The van der Waals surface area contributed by atoms with Crippen molar-refractivity contribution in [2.24, 2.45) is 0 Å². The number of carbonyl (C=O) groups is 1. The summed E-state index contributed by atoms with van der Waals surface area (Å²) in [5.74, 6) is 1.40. The van der Waals surface area contributed by atoms with Gasteiger partial charge in [-0.1, -0.05) is 24.3 Å². The molecule has 0 aliphatic carbocycles. The van der Waals surface area contributed by atoms with Gasteiger partial charge in [0.25, 0.3) is 5.91 Å². The molecular formula is C19H19NO3. The average Bonchev–Trinajstić information content (AvgIpc) is 3.01. The molecule has 0 saturated carbocycles. The molecule has 0 unspecified atom stereocenters. The molecule has 0 saturated heterocycles. The first-order valence-electron chi connectivity index (χ1n) is 7.61. The molecule has 2 aromatic carbocycles. The van der Waals surface area contributed by atoms with Crippen LogP contribution in [0.1, 0.15) is 19.4 Å². The maximum atomic E-state index is 12.6. The lowest BCUT2D eigenvalue weighted by Crippen LogP contribution is -2.35. The van der Waals surface area contributed by atoms with Gasteiger partial charge in [0.1, 0.15) is 0 Å². The molecule has 2 aromatic rings. The first-order valence-corrected chi connectivity index (χ1v) is 7.61. The van der Waals surface area contributed by atoms with E-state index in [0.717, 1.165) is 17.0 Å². The van der Waals surface area contributed by atoms with Crippen molar-refractivity contribution in [1.82, 2.24) is 0 Å². The standard InChI is InChI=1S/C19H19NO3/c1-14(2)20(16-6-4-3-5-7-16)19(21)11-9-15-8-10-17-18(12-15)23-13-22-17/h3-12,14H,13H2,1-2H3/b11-9+. The van der Waals surface area contributed by atoms with Crippen LogP contribution in [-0.4, -0.2) is 18.7 Å². The van der Waals surface area contributed by atoms with E-state index in [1.54, 1.807) is 17.1 Å².